The third kappa shape index (κ3) is 4.71. The number of furan rings is 1. The number of para-hydroxylation sites is 2. The van der Waals surface area contributed by atoms with Crippen molar-refractivity contribution in [3.8, 4) is 56.4 Å². The van der Waals surface area contributed by atoms with E-state index in [4.69, 9.17) is 19.4 Å². The van der Waals surface area contributed by atoms with Crippen molar-refractivity contribution in [1.82, 2.24) is 15.0 Å². The lowest BCUT2D eigenvalue weighted by Gasteiger charge is -2.09. The summed E-state index contributed by atoms with van der Waals surface area (Å²) in [5, 5.41) is 4.57. The molecule has 0 aliphatic heterocycles. The third-order valence-electron chi connectivity index (χ3n) is 9.36. The molecule has 0 aliphatic carbocycles. The van der Waals surface area contributed by atoms with Crippen LogP contribution in [0.25, 0.3) is 98.5 Å². The average Bonchev–Trinajstić information content (AvgIpc) is 3.77. The number of benzene rings is 7. The maximum absolute atomic E-state index is 6.75. The second kappa shape index (κ2) is 11.6. The highest BCUT2D eigenvalue weighted by atomic mass is 32.1. The summed E-state index contributed by atoms with van der Waals surface area (Å²) in [6, 6.07) is 56.7. The molecule has 0 N–H and O–H groups in total. The van der Waals surface area contributed by atoms with Crippen LogP contribution in [0.2, 0.25) is 0 Å². The molecule has 0 atom stereocenters. The van der Waals surface area contributed by atoms with Crippen molar-refractivity contribution in [3.05, 3.63) is 164 Å². The molecule has 3 aromatic heterocycles. The molecule has 3 heterocycles. The Bertz CT molecular complexity index is 2860. The largest absolute Gasteiger partial charge is 0.455 e. The van der Waals surface area contributed by atoms with Gasteiger partial charge < -0.3 is 4.42 Å². The van der Waals surface area contributed by atoms with Crippen LogP contribution < -0.4 is 0 Å². The van der Waals surface area contributed by atoms with Gasteiger partial charge >= 0.3 is 0 Å². The number of nitrogens with zero attached hydrogens (tertiary/aromatic N) is 3. The van der Waals surface area contributed by atoms with Crippen molar-refractivity contribution in [1.29, 1.82) is 0 Å². The van der Waals surface area contributed by atoms with Crippen molar-refractivity contribution >= 4 is 53.4 Å². The molecule has 50 heavy (non-hydrogen) atoms. The first-order valence-electron chi connectivity index (χ1n) is 16.6. The summed E-state index contributed by atoms with van der Waals surface area (Å²) in [4.78, 5) is 15.3. The van der Waals surface area contributed by atoms with Gasteiger partial charge in [-0.15, -0.1) is 11.3 Å². The zero-order valence-corrected chi connectivity index (χ0v) is 27.6. The van der Waals surface area contributed by atoms with Gasteiger partial charge in [0.2, 0.25) is 0 Å². The molecule has 0 saturated carbocycles. The predicted octanol–water partition coefficient (Wildman–Crippen LogP) is 12.5. The quantitative estimate of drug-likeness (QED) is 0.185. The lowest BCUT2D eigenvalue weighted by molar-refractivity contribution is 0.670. The van der Waals surface area contributed by atoms with Crippen LogP contribution in [0, 0.1) is 0 Å². The fourth-order valence-electron chi connectivity index (χ4n) is 6.97. The Labute approximate surface area is 292 Å². The molecule has 0 spiro atoms. The first-order chi connectivity index (χ1) is 24.8. The number of aromatic nitrogens is 3. The first-order valence-corrected chi connectivity index (χ1v) is 17.4. The highest BCUT2D eigenvalue weighted by Crippen LogP contribution is 2.42. The van der Waals surface area contributed by atoms with E-state index in [0.717, 1.165) is 49.8 Å². The minimum Gasteiger partial charge on any atom is -0.455 e. The molecule has 0 bridgehead atoms. The summed E-state index contributed by atoms with van der Waals surface area (Å²) >= 11 is 1.81. The topological polar surface area (TPSA) is 51.8 Å². The number of hydrogen-bond donors (Lipinski definition) is 0. The molecule has 10 aromatic rings. The fraction of sp³-hybridized carbons (Fsp3) is 0. The van der Waals surface area contributed by atoms with Crippen LogP contribution in [0.4, 0.5) is 0 Å². The van der Waals surface area contributed by atoms with E-state index in [1.165, 1.54) is 31.3 Å². The smallest absolute Gasteiger partial charge is 0.167 e. The normalized spacial score (nSPS) is 11.6. The molecular formula is C45H27N3OS. The van der Waals surface area contributed by atoms with Gasteiger partial charge in [0.05, 0.1) is 5.56 Å². The van der Waals surface area contributed by atoms with E-state index in [-0.39, 0.29) is 0 Å². The minimum atomic E-state index is 0.572. The Morgan fingerprint density at radius 1 is 0.360 bits per heavy atom. The Morgan fingerprint density at radius 2 is 0.880 bits per heavy atom. The Balaban J connectivity index is 1.17. The third-order valence-corrected chi connectivity index (χ3v) is 10.6. The van der Waals surface area contributed by atoms with Crippen LogP contribution >= 0.6 is 11.3 Å². The summed E-state index contributed by atoms with van der Waals surface area (Å²) in [5.74, 6) is 1.81. The average molecular weight is 658 g/mol. The van der Waals surface area contributed by atoms with Crippen molar-refractivity contribution < 1.29 is 4.42 Å². The second-order valence-corrected chi connectivity index (χ2v) is 13.4. The fourth-order valence-corrected chi connectivity index (χ4v) is 8.24. The number of thiophene rings is 1. The second-order valence-electron chi connectivity index (χ2n) is 12.4. The molecule has 5 heteroatoms. The van der Waals surface area contributed by atoms with Gasteiger partial charge in [-0.1, -0.05) is 152 Å². The van der Waals surface area contributed by atoms with E-state index in [1.807, 2.05) is 53.8 Å². The maximum Gasteiger partial charge on any atom is 0.167 e. The SMILES string of the molecule is c1ccc(-c2nc(-c3ccc4c(c3)sc3c(-c5ccccc5)cccc34)nc(-c3cccc4c3oc3c(-c5ccccc5)cccc34)n2)cc1. The van der Waals surface area contributed by atoms with E-state index in [9.17, 15) is 0 Å². The summed E-state index contributed by atoms with van der Waals surface area (Å²) in [5.41, 5.74) is 8.93. The van der Waals surface area contributed by atoms with Crippen LogP contribution in [0.5, 0.6) is 0 Å². The highest BCUT2D eigenvalue weighted by Gasteiger charge is 2.20. The van der Waals surface area contributed by atoms with Crippen LogP contribution in [0.3, 0.4) is 0 Å². The molecule has 0 fully saturated rings. The molecule has 7 aromatic carbocycles. The van der Waals surface area contributed by atoms with Crippen LogP contribution in [-0.4, -0.2) is 15.0 Å². The monoisotopic (exact) mass is 657 g/mol. The van der Waals surface area contributed by atoms with E-state index in [0.29, 0.717) is 17.5 Å². The van der Waals surface area contributed by atoms with Gasteiger partial charge in [0.1, 0.15) is 11.2 Å². The molecule has 0 amide bonds. The van der Waals surface area contributed by atoms with Crippen molar-refractivity contribution in [3.63, 3.8) is 0 Å². The summed E-state index contributed by atoms with van der Waals surface area (Å²) in [6.07, 6.45) is 0. The van der Waals surface area contributed by atoms with Gasteiger partial charge in [0.25, 0.3) is 0 Å². The Hall–Kier alpha value is -6.43. The van der Waals surface area contributed by atoms with E-state index in [2.05, 4.69) is 121 Å². The van der Waals surface area contributed by atoms with E-state index < -0.39 is 0 Å². The summed E-state index contributed by atoms with van der Waals surface area (Å²) in [7, 11) is 0. The number of hydrogen-bond acceptors (Lipinski definition) is 5. The summed E-state index contributed by atoms with van der Waals surface area (Å²) < 4.78 is 9.22. The van der Waals surface area contributed by atoms with Crippen molar-refractivity contribution in [2.24, 2.45) is 0 Å². The van der Waals surface area contributed by atoms with Gasteiger partial charge in [-0.3, -0.25) is 0 Å². The number of fused-ring (bicyclic) bond motifs is 6. The highest BCUT2D eigenvalue weighted by molar-refractivity contribution is 7.26. The Kier molecular flexibility index (Phi) is 6.64. The first kappa shape index (κ1) is 28.6. The zero-order chi connectivity index (χ0) is 33.0. The van der Waals surface area contributed by atoms with E-state index >= 15 is 0 Å². The van der Waals surface area contributed by atoms with Crippen LogP contribution in [-0.2, 0) is 0 Å². The van der Waals surface area contributed by atoms with Gasteiger partial charge in [0, 0.05) is 47.6 Å². The molecule has 0 unspecified atom stereocenters. The minimum absolute atomic E-state index is 0.572. The van der Waals surface area contributed by atoms with Gasteiger partial charge in [-0.2, -0.15) is 0 Å². The van der Waals surface area contributed by atoms with Gasteiger partial charge in [-0.25, -0.2) is 15.0 Å². The molecule has 0 radical (unpaired) electrons. The van der Waals surface area contributed by atoms with Crippen LogP contribution in [0.15, 0.2) is 168 Å². The van der Waals surface area contributed by atoms with E-state index in [1.54, 1.807) is 0 Å². The Morgan fingerprint density at radius 3 is 1.56 bits per heavy atom. The molecule has 0 aliphatic rings. The zero-order valence-electron chi connectivity index (χ0n) is 26.7. The standard InChI is InChI=1S/C45H27N3OS/c1-4-13-28(14-5-1)32-19-10-21-35-36-22-12-24-38(41(36)49-40(32)35)45-47-43(30-17-8-3-9-18-30)46-44(48-45)31-25-26-34-37-23-11-20-33(29-15-6-2-7-16-29)42(37)50-39(34)27-31/h1-27H. The van der Waals surface area contributed by atoms with Crippen molar-refractivity contribution in [2.45, 2.75) is 0 Å². The summed E-state index contributed by atoms with van der Waals surface area (Å²) in [6.45, 7) is 0. The van der Waals surface area contributed by atoms with Crippen molar-refractivity contribution in [2.75, 3.05) is 0 Å². The van der Waals surface area contributed by atoms with Crippen LogP contribution in [0.1, 0.15) is 0 Å². The molecule has 234 valence electrons. The lowest BCUT2D eigenvalue weighted by Crippen LogP contribution is -2.00. The van der Waals surface area contributed by atoms with Gasteiger partial charge in [-0.05, 0) is 28.8 Å². The molecule has 10 rings (SSSR count). The lowest BCUT2D eigenvalue weighted by atomic mass is 10.0. The number of rotatable bonds is 5. The molecule has 4 nitrogen and oxygen atoms in total. The van der Waals surface area contributed by atoms with Gasteiger partial charge in [0.15, 0.2) is 17.5 Å². The predicted molar refractivity (Wildman–Crippen MR) is 207 cm³/mol. The maximum atomic E-state index is 6.75. The molecular weight excluding hydrogens is 631 g/mol. The molecule has 0 saturated heterocycles.